The zero-order valence-electron chi connectivity index (χ0n) is 10.6. The van der Waals surface area contributed by atoms with E-state index in [9.17, 15) is 0 Å². The maximum absolute atomic E-state index is 5.63. The lowest BCUT2D eigenvalue weighted by molar-refractivity contribution is 1.06. The molecule has 0 radical (unpaired) electrons. The van der Waals surface area contributed by atoms with Gasteiger partial charge in [0.1, 0.15) is 17.8 Å². The maximum Gasteiger partial charge on any atom is 0.220 e. The predicted octanol–water partition coefficient (Wildman–Crippen LogP) is 1.06. The van der Waals surface area contributed by atoms with Gasteiger partial charge in [0, 0.05) is 32.1 Å². The minimum Gasteiger partial charge on any atom is -0.368 e. The molecule has 3 N–H and O–H groups in total. The van der Waals surface area contributed by atoms with Crippen LogP contribution in [0.15, 0.2) is 24.8 Å². The van der Waals surface area contributed by atoms with Crippen LogP contribution in [0.2, 0.25) is 0 Å². The number of nitrogen functional groups attached to an aromatic ring is 1. The summed E-state index contributed by atoms with van der Waals surface area (Å²) in [5, 5.41) is 0.922. The second kappa shape index (κ2) is 4.20. The summed E-state index contributed by atoms with van der Waals surface area (Å²) in [5.41, 5.74) is 8.06. The van der Waals surface area contributed by atoms with Gasteiger partial charge in [0.2, 0.25) is 5.95 Å². The molecule has 96 valence electrons. The van der Waals surface area contributed by atoms with E-state index in [4.69, 9.17) is 5.73 Å². The Balaban J connectivity index is 2.30. The molecule has 3 heterocycles. The average Bonchev–Trinajstić information content (AvgIpc) is 2.82. The summed E-state index contributed by atoms with van der Waals surface area (Å²) in [6.07, 6.45) is 5.02. The fraction of sp³-hybridized carbons (Fsp3) is 0.167. The van der Waals surface area contributed by atoms with E-state index in [1.165, 1.54) is 6.33 Å². The monoisotopic (exact) mass is 255 g/mol. The van der Waals surface area contributed by atoms with Crippen LogP contribution in [-0.2, 0) is 0 Å². The quantitative estimate of drug-likeness (QED) is 0.710. The summed E-state index contributed by atoms with van der Waals surface area (Å²) in [6.45, 7) is 0. The summed E-state index contributed by atoms with van der Waals surface area (Å²) in [5.74, 6) is 1.08. The first-order valence-electron chi connectivity index (χ1n) is 5.75. The minimum absolute atomic E-state index is 0.245. The molecular weight excluding hydrogens is 242 g/mol. The summed E-state index contributed by atoms with van der Waals surface area (Å²) in [4.78, 5) is 21.7. The van der Waals surface area contributed by atoms with Crippen molar-refractivity contribution in [3.8, 4) is 11.3 Å². The van der Waals surface area contributed by atoms with Crippen LogP contribution in [-0.4, -0.2) is 39.0 Å². The largest absolute Gasteiger partial charge is 0.368 e. The van der Waals surface area contributed by atoms with Crippen LogP contribution >= 0.6 is 0 Å². The number of hydrogen-bond donors (Lipinski definition) is 2. The molecule has 0 amide bonds. The van der Waals surface area contributed by atoms with Gasteiger partial charge in [-0.15, -0.1) is 0 Å². The fourth-order valence-corrected chi connectivity index (χ4v) is 2.01. The van der Waals surface area contributed by atoms with Crippen molar-refractivity contribution < 1.29 is 0 Å². The fourth-order valence-electron chi connectivity index (χ4n) is 2.01. The third-order valence-electron chi connectivity index (χ3n) is 2.82. The summed E-state index contributed by atoms with van der Waals surface area (Å²) >= 11 is 0. The highest BCUT2D eigenvalue weighted by Crippen LogP contribution is 2.31. The molecule has 0 aliphatic rings. The highest BCUT2D eigenvalue weighted by atomic mass is 15.2. The second-order valence-corrected chi connectivity index (χ2v) is 4.32. The van der Waals surface area contributed by atoms with E-state index in [2.05, 4.69) is 24.9 Å². The number of H-pyrrole nitrogens is 1. The van der Waals surface area contributed by atoms with E-state index in [1.807, 2.05) is 31.3 Å². The Bertz CT molecular complexity index is 732. The van der Waals surface area contributed by atoms with E-state index in [0.717, 1.165) is 28.1 Å². The molecule has 0 aliphatic carbocycles. The Hall–Kier alpha value is -2.70. The van der Waals surface area contributed by atoms with Crippen molar-refractivity contribution in [3.63, 3.8) is 0 Å². The van der Waals surface area contributed by atoms with E-state index >= 15 is 0 Å². The zero-order chi connectivity index (χ0) is 13.4. The lowest BCUT2D eigenvalue weighted by Gasteiger charge is -2.12. The first-order valence-corrected chi connectivity index (χ1v) is 5.75. The van der Waals surface area contributed by atoms with Gasteiger partial charge in [-0.25, -0.2) is 19.9 Å². The number of nitrogens with one attached hydrogen (secondary N) is 1. The van der Waals surface area contributed by atoms with Crippen LogP contribution < -0.4 is 10.6 Å². The molecule has 0 saturated carbocycles. The predicted molar refractivity (Wildman–Crippen MR) is 73.7 cm³/mol. The third kappa shape index (κ3) is 1.85. The molecule has 19 heavy (non-hydrogen) atoms. The van der Waals surface area contributed by atoms with E-state index in [-0.39, 0.29) is 5.95 Å². The van der Waals surface area contributed by atoms with E-state index < -0.39 is 0 Å². The lowest BCUT2D eigenvalue weighted by Crippen LogP contribution is -2.11. The first kappa shape index (κ1) is 11.4. The number of hydrogen-bond acceptors (Lipinski definition) is 6. The van der Waals surface area contributed by atoms with Crippen LogP contribution in [0.25, 0.3) is 22.3 Å². The highest BCUT2D eigenvalue weighted by Gasteiger charge is 2.14. The maximum atomic E-state index is 5.63. The molecule has 7 nitrogen and oxygen atoms in total. The van der Waals surface area contributed by atoms with Gasteiger partial charge in [0.15, 0.2) is 0 Å². The van der Waals surface area contributed by atoms with Crippen molar-refractivity contribution in [1.29, 1.82) is 0 Å². The lowest BCUT2D eigenvalue weighted by atomic mass is 10.1. The summed E-state index contributed by atoms with van der Waals surface area (Å²) < 4.78 is 0. The Labute approximate surface area is 109 Å². The molecule has 3 aromatic heterocycles. The molecule has 0 aromatic carbocycles. The number of anilines is 2. The number of fused-ring (bicyclic) bond motifs is 1. The molecule has 0 saturated heterocycles. The van der Waals surface area contributed by atoms with Crippen LogP contribution in [0, 0.1) is 0 Å². The van der Waals surface area contributed by atoms with Gasteiger partial charge in [-0.2, -0.15) is 0 Å². The molecule has 3 rings (SSSR count). The van der Waals surface area contributed by atoms with Crippen molar-refractivity contribution in [2.45, 2.75) is 0 Å². The molecule has 0 fully saturated rings. The van der Waals surface area contributed by atoms with Crippen LogP contribution in [0.1, 0.15) is 0 Å². The van der Waals surface area contributed by atoms with Crippen LogP contribution in [0.5, 0.6) is 0 Å². The molecule has 0 atom stereocenters. The number of rotatable bonds is 2. The smallest absolute Gasteiger partial charge is 0.220 e. The Kier molecular flexibility index (Phi) is 2.52. The Morgan fingerprint density at radius 1 is 1.21 bits per heavy atom. The number of aromatic nitrogens is 5. The van der Waals surface area contributed by atoms with Gasteiger partial charge < -0.3 is 15.6 Å². The molecule has 3 aromatic rings. The number of nitrogens with zero attached hydrogens (tertiary/aromatic N) is 5. The summed E-state index contributed by atoms with van der Waals surface area (Å²) in [6, 6.07) is 1.81. The van der Waals surface area contributed by atoms with Gasteiger partial charge in [-0.05, 0) is 6.07 Å². The normalized spacial score (nSPS) is 10.8. The van der Waals surface area contributed by atoms with Crippen molar-refractivity contribution >= 4 is 22.8 Å². The first-order chi connectivity index (χ1) is 9.16. The van der Waals surface area contributed by atoms with E-state index in [0.29, 0.717) is 0 Å². The van der Waals surface area contributed by atoms with Gasteiger partial charge in [-0.1, -0.05) is 0 Å². The summed E-state index contributed by atoms with van der Waals surface area (Å²) in [7, 11) is 3.87. The van der Waals surface area contributed by atoms with Crippen LogP contribution in [0.3, 0.4) is 0 Å². The highest BCUT2D eigenvalue weighted by molar-refractivity contribution is 6.00. The second-order valence-electron chi connectivity index (χ2n) is 4.32. The van der Waals surface area contributed by atoms with Gasteiger partial charge in [-0.3, -0.25) is 0 Å². The standard InChI is InChI=1S/C12H13N7/c1-19(2)11-9-7(5-15-10(9)16-6-17-11)8-3-4-14-12(13)18-8/h3-6H,1-2H3,(H2,13,14,18)(H,15,16,17). The van der Waals surface area contributed by atoms with Crippen molar-refractivity contribution in [2.75, 3.05) is 24.7 Å². The molecule has 0 aliphatic heterocycles. The zero-order valence-corrected chi connectivity index (χ0v) is 10.6. The Morgan fingerprint density at radius 2 is 2.05 bits per heavy atom. The SMILES string of the molecule is CN(C)c1ncnc2[nH]cc(-c3ccnc(N)n3)c12. The van der Waals surface area contributed by atoms with Crippen LogP contribution in [0.4, 0.5) is 11.8 Å². The molecule has 0 bridgehead atoms. The number of nitrogens with two attached hydrogens (primary N) is 1. The molecular formula is C12H13N7. The van der Waals surface area contributed by atoms with Gasteiger partial charge in [0.25, 0.3) is 0 Å². The van der Waals surface area contributed by atoms with E-state index in [1.54, 1.807) is 6.20 Å². The van der Waals surface area contributed by atoms with Gasteiger partial charge >= 0.3 is 0 Å². The molecule has 0 spiro atoms. The third-order valence-corrected chi connectivity index (χ3v) is 2.82. The van der Waals surface area contributed by atoms with Gasteiger partial charge in [0.05, 0.1) is 11.1 Å². The molecule has 0 unspecified atom stereocenters. The Morgan fingerprint density at radius 3 is 2.79 bits per heavy atom. The minimum atomic E-state index is 0.245. The topological polar surface area (TPSA) is 96.6 Å². The van der Waals surface area contributed by atoms with Crippen molar-refractivity contribution in [2.24, 2.45) is 0 Å². The number of aromatic amines is 1. The molecule has 7 heteroatoms. The van der Waals surface area contributed by atoms with Crippen molar-refractivity contribution in [3.05, 3.63) is 24.8 Å². The van der Waals surface area contributed by atoms with Crippen molar-refractivity contribution in [1.82, 2.24) is 24.9 Å². The average molecular weight is 255 g/mol.